The standard InChI is InChI=1S/C16H10Cl2N2O3/c17-12-4-5-13(18)14(7-12)20-15(21)9-23-16(22)11-3-1-2-10(6-11)8-19/h1-7H,9H2,(H,20,21). The second kappa shape index (κ2) is 7.63. The molecule has 2 rings (SSSR count). The van der Waals surface area contributed by atoms with Crippen molar-refractivity contribution in [3.05, 3.63) is 63.6 Å². The fourth-order valence-corrected chi connectivity index (χ4v) is 2.05. The number of hydrogen-bond donors (Lipinski definition) is 1. The van der Waals surface area contributed by atoms with E-state index in [1.54, 1.807) is 24.3 Å². The molecule has 5 nitrogen and oxygen atoms in total. The average Bonchev–Trinajstić information content (AvgIpc) is 2.56. The molecule has 2 aromatic rings. The van der Waals surface area contributed by atoms with Crippen molar-refractivity contribution in [2.45, 2.75) is 0 Å². The van der Waals surface area contributed by atoms with Crippen LogP contribution in [0.2, 0.25) is 10.0 Å². The van der Waals surface area contributed by atoms with Crippen molar-refractivity contribution in [3.8, 4) is 6.07 Å². The number of ether oxygens (including phenoxy) is 1. The molecule has 0 saturated heterocycles. The second-order valence-corrected chi connectivity index (χ2v) is 5.28. The summed E-state index contributed by atoms with van der Waals surface area (Å²) in [5.41, 5.74) is 0.846. The maximum Gasteiger partial charge on any atom is 0.338 e. The minimum absolute atomic E-state index is 0.192. The van der Waals surface area contributed by atoms with Gasteiger partial charge in [-0.05, 0) is 36.4 Å². The number of rotatable bonds is 4. The van der Waals surface area contributed by atoms with E-state index in [0.717, 1.165) is 0 Å². The van der Waals surface area contributed by atoms with Gasteiger partial charge in [-0.3, -0.25) is 4.79 Å². The first kappa shape index (κ1) is 16.8. The lowest BCUT2D eigenvalue weighted by Crippen LogP contribution is -2.21. The van der Waals surface area contributed by atoms with E-state index in [-0.39, 0.29) is 5.56 Å². The molecule has 0 unspecified atom stereocenters. The fraction of sp³-hybridized carbons (Fsp3) is 0.0625. The zero-order chi connectivity index (χ0) is 16.8. The third-order valence-corrected chi connectivity index (χ3v) is 3.33. The number of hydrogen-bond acceptors (Lipinski definition) is 4. The highest BCUT2D eigenvalue weighted by atomic mass is 35.5. The zero-order valence-corrected chi connectivity index (χ0v) is 13.2. The molecular formula is C16H10Cl2N2O3. The smallest absolute Gasteiger partial charge is 0.338 e. The Kier molecular flexibility index (Phi) is 5.58. The highest BCUT2D eigenvalue weighted by Gasteiger charge is 2.12. The van der Waals surface area contributed by atoms with Gasteiger partial charge in [0.2, 0.25) is 0 Å². The molecule has 0 bridgehead atoms. The monoisotopic (exact) mass is 348 g/mol. The zero-order valence-electron chi connectivity index (χ0n) is 11.7. The van der Waals surface area contributed by atoms with Gasteiger partial charge in [0.05, 0.1) is 27.9 Å². The van der Waals surface area contributed by atoms with E-state index in [1.807, 2.05) is 6.07 Å². The average molecular weight is 349 g/mol. The van der Waals surface area contributed by atoms with E-state index in [0.29, 0.717) is 21.3 Å². The molecule has 0 aliphatic heterocycles. The van der Waals surface area contributed by atoms with E-state index >= 15 is 0 Å². The molecule has 0 aliphatic carbocycles. The lowest BCUT2D eigenvalue weighted by molar-refractivity contribution is -0.119. The van der Waals surface area contributed by atoms with E-state index in [9.17, 15) is 9.59 Å². The SMILES string of the molecule is N#Cc1cccc(C(=O)OCC(=O)Nc2cc(Cl)ccc2Cl)c1. The normalized spacial score (nSPS) is 9.78. The Bertz CT molecular complexity index is 800. The molecule has 7 heteroatoms. The number of anilines is 1. The highest BCUT2D eigenvalue weighted by molar-refractivity contribution is 6.35. The Hall–Kier alpha value is -2.55. The van der Waals surface area contributed by atoms with Gasteiger partial charge in [-0.1, -0.05) is 29.3 Å². The molecule has 0 radical (unpaired) electrons. The van der Waals surface area contributed by atoms with Crippen molar-refractivity contribution >= 4 is 40.8 Å². The molecule has 2 aromatic carbocycles. The van der Waals surface area contributed by atoms with Crippen LogP contribution in [0, 0.1) is 11.3 Å². The number of halogens is 2. The highest BCUT2D eigenvalue weighted by Crippen LogP contribution is 2.25. The van der Waals surface area contributed by atoms with E-state index in [2.05, 4.69) is 5.32 Å². The molecular weight excluding hydrogens is 339 g/mol. The van der Waals surface area contributed by atoms with Gasteiger partial charge in [0.1, 0.15) is 0 Å². The first-order valence-corrected chi connectivity index (χ1v) is 7.17. The van der Waals surface area contributed by atoms with Gasteiger partial charge in [0.15, 0.2) is 6.61 Å². The summed E-state index contributed by atoms with van der Waals surface area (Å²) in [5.74, 6) is -1.26. The van der Waals surface area contributed by atoms with Crippen LogP contribution in [-0.4, -0.2) is 18.5 Å². The Morgan fingerprint density at radius 3 is 2.70 bits per heavy atom. The topological polar surface area (TPSA) is 79.2 Å². The summed E-state index contributed by atoms with van der Waals surface area (Å²) in [6, 6.07) is 12.5. The van der Waals surface area contributed by atoms with Crippen LogP contribution < -0.4 is 5.32 Å². The molecule has 0 fully saturated rings. The molecule has 0 aliphatic rings. The van der Waals surface area contributed by atoms with Crippen molar-refractivity contribution < 1.29 is 14.3 Å². The number of nitrogens with one attached hydrogen (secondary N) is 1. The third kappa shape index (κ3) is 4.71. The number of benzene rings is 2. The molecule has 116 valence electrons. The molecule has 23 heavy (non-hydrogen) atoms. The molecule has 1 N–H and O–H groups in total. The van der Waals surface area contributed by atoms with Crippen molar-refractivity contribution in [2.75, 3.05) is 11.9 Å². The van der Waals surface area contributed by atoms with Crippen LogP contribution in [0.4, 0.5) is 5.69 Å². The summed E-state index contributed by atoms with van der Waals surface area (Å²) in [6.45, 7) is -0.488. The minimum atomic E-state index is -0.700. The summed E-state index contributed by atoms with van der Waals surface area (Å²) >= 11 is 11.7. The summed E-state index contributed by atoms with van der Waals surface area (Å²) in [5, 5.41) is 12.0. The molecule has 0 spiro atoms. The van der Waals surface area contributed by atoms with Crippen molar-refractivity contribution in [3.63, 3.8) is 0 Å². The third-order valence-electron chi connectivity index (χ3n) is 2.76. The molecule has 0 aromatic heterocycles. The quantitative estimate of drug-likeness (QED) is 0.855. The van der Waals surface area contributed by atoms with Crippen molar-refractivity contribution in [1.82, 2.24) is 0 Å². The minimum Gasteiger partial charge on any atom is -0.452 e. The first-order valence-electron chi connectivity index (χ1n) is 6.42. The van der Waals surface area contributed by atoms with Gasteiger partial charge < -0.3 is 10.1 Å². The second-order valence-electron chi connectivity index (χ2n) is 4.44. The molecule has 1 amide bonds. The van der Waals surface area contributed by atoms with Crippen molar-refractivity contribution in [2.24, 2.45) is 0 Å². The van der Waals surface area contributed by atoms with Gasteiger partial charge in [0.25, 0.3) is 5.91 Å². The fourth-order valence-electron chi connectivity index (χ4n) is 1.71. The lowest BCUT2D eigenvalue weighted by Gasteiger charge is -2.08. The number of nitriles is 1. The summed E-state index contributed by atoms with van der Waals surface area (Å²) in [6.07, 6.45) is 0. The maximum atomic E-state index is 11.8. The van der Waals surface area contributed by atoms with Gasteiger partial charge in [-0.25, -0.2) is 4.79 Å². The Labute approximate surface area is 142 Å². The number of amides is 1. The van der Waals surface area contributed by atoms with Crippen molar-refractivity contribution in [1.29, 1.82) is 5.26 Å². The van der Waals surface area contributed by atoms with E-state index in [4.69, 9.17) is 33.2 Å². The molecule has 0 saturated carbocycles. The summed E-state index contributed by atoms with van der Waals surface area (Å²) in [7, 11) is 0. The molecule has 0 atom stereocenters. The Morgan fingerprint density at radius 1 is 1.17 bits per heavy atom. The Balaban J connectivity index is 1.95. The summed E-state index contributed by atoms with van der Waals surface area (Å²) in [4.78, 5) is 23.6. The summed E-state index contributed by atoms with van der Waals surface area (Å²) < 4.78 is 4.90. The van der Waals surface area contributed by atoms with Gasteiger partial charge in [0, 0.05) is 5.02 Å². The van der Waals surface area contributed by atoms with E-state index < -0.39 is 18.5 Å². The van der Waals surface area contributed by atoms with Crippen LogP contribution in [0.15, 0.2) is 42.5 Å². The first-order chi connectivity index (χ1) is 11.0. The van der Waals surface area contributed by atoms with Crippen LogP contribution >= 0.6 is 23.2 Å². The largest absolute Gasteiger partial charge is 0.452 e. The maximum absolute atomic E-state index is 11.8. The van der Waals surface area contributed by atoms with Gasteiger partial charge in [-0.15, -0.1) is 0 Å². The predicted molar refractivity (Wildman–Crippen MR) is 86.5 cm³/mol. The number of carbonyl (C=O) groups excluding carboxylic acids is 2. The number of nitrogens with zero attached hydrogens (tertiary/aromatic N) is 1. The lowest BCUT2D eigenvalue weighted by atomic mass is 10.1. The van der Waals surface area contributed by atoms with Crippen LogP contribution in [0.25, 0.3) is 0 Å². The predicted octanol–water partition coefficient (Wildman–Crippen LogP) is 3.66. The van der Waals surface area contributed by atoms with Crippen LogP contribution in [0.3, 0.4) is 0 Å². The molecule has 0 heterocycles. The van der Waals surface area contributed by atoms with E-state index in [1.165, 1.54) is 18.2 Å². The number of esters is 1. The van der Waals surface area contributed by atoms with Gasteiger partial charge >= 0.3 is 5.97 Å². The van der Waals surface area contributed by atoms with Crippen LogP contribution in [0.5, 0.6) is 0 Å². The van der Waals surface area contributed by atoms with Crippen LogP contribution in [-0.2, 0) is 9.53 Å². The number of carbonyl (C=O) groups is 2. The van der Waals surface area contributed by atoms with Crippen LogP contribution in [0.1, 0.15) is 15.9 Å². The van der Waals surface area contributed by atoms with Gasteiger partial charge in [-0.2, -0.15) is 5.26 Å². The Morgan fingerprint density at radius 2 is 1.96 bits per heavy atom.